The molecule has 6 heteroatoms. The molecule has 0 bridgehead atoms. The molecule has 0 aromatic carbocycles. The topological polar surface area (TPSA) is 91.7 Å². The minimum absolute atomic E-state index is 0.0865. The van der Waals surface area contributed by atoms with Gasteiger partial charge in [-0.1, -0.05) is 70.4 Å². The number of carbonyl (C=O) groups excluding carboxylic acids is 1. The van der Waals surface area contributed by atoms with Gasteiger partial charge in [-0.2, -0.15) is 8.42 Å². The van der Waals surface area contributed by atoms with E-state index in [1.807, 2.05) is 0 Å². The van der Waals surface area contributed by atoms with E-state index in [9.17, 15) is 13.2 Å². The van der Waals surface area contributed by atoms with Gasteiger partial charge in [-0.05, 0) is 32.1 Å². The average Bonchev–Trinajstić information content (AvgIpc) is 2.57. The number of hydrogen-bond acceptors (Lipinski definition) is 4. The number of Topliss-reactive ketones (excluding diaryl/α,β-unsaturated/α-hetero) is 1. The molecule has 0 spiro atoms. The molecule has 2 N–H and O–H groups in total. The highest BCUT2D eigenvalue weighted by atomic mass is 32.2. The highest BCUT2D eigenvalue weighted by Crippen LogP contribution is 2.12. The quantitative estimate of drug-likeness (QED) is 0.198. The zero-order valence-corrected chi connectivity index (χ0v) is 17.2. The fourth-order valence-electron chi connectivity index (χ4n) is 2.89. The maximum absolute atomic E-state index is 11.6. The van der Waals surface area contributed by atoms with Crippen molar-refractivity contribution in [3.63, 3.8) is 0 Å². The van der Waals surface area contributed by atoms with Crippen molar-refractivity contribution in [2.24, 2.45) is 0 Å². The second-order valence-electron chi connectivity index (χ2n) is 6.99. The Kier molecular flexibility index (Phi) is 16.0. The Balaban J connectivity index is 3.48. The predicted molar refractivity (Wildman–Crippen MR) is 107 cm³/mol. The van der Waals surface area contributed by atoms with Crippen LogP contribution in [0.2, 0.25) is 0 Å². The van der Waals surface area contributed by atoms with Gasteiger partial charge >= 0.3 is 0 Å². The summed E-state index contributed by atoms with van der Waals surface area (Å²) in [5.41, 5.74) is 0. The number of hydrogen-bond donors (Lipinski definition) is 2. The molecule has 0 aliphatic heterocycles. The lowest BCUT2D eigenvalue weighted by Gasteiger charge is -2.09. The van der Waals surface area contributed by atoms with E-state index in [1.54, 1.807) is 0 Å². The molecule has 0 amide bonds. The van der Waals surface area contributed by atoms with Crippen molar-refractivity contribution in [1.29, 1.82) is 0 Å². The first kappa shape index (κ1) is 25.3. The van der Waals surface area contributed by atoms with Crippen LogP contribution in [0.3, 0.4) is 0 Å². The molecule has 0 rings (SSSR count). The molecule has 1 unspecified atom stereocenters. The molecule has 154 valence electrons. The first-order valence-corrected chi connectivity index (χ1v) is 11.7. The summed E-state index contributed by atoms with van der Waals surface area (Å²) in [7, 11) is -4.49. The standard InChI is InChI=1S/C20H38O5S/c1-2-3-4-5-6-7-8-9-10-11-12-13-14-15-16-17-19(22)20(18-21)26(23,24)25/h9-10,20-21H,2-8,11-18H2,1H3,(H,23,24,25). The lowest BCUT2D eigenvalue weighted by molar-refractivity contribution is -0.119. The van der Waals surface area contributed by atoms with Crippen LogP contribution in [0, 0.1) is 0 Å². The van der Waals surface area contributed by atoms with Crippen LogP contribution in [0.1, 0.15) is 96.8 Å². The van der Waals surface area contributed by atoms with E-state index in [0.717, 1.165) is 32.1 Å². The molecule has 0 aromatic rings. The number of ketones is 1. The number of unbranched alkanes of at least 4 members (excludes halogenated alkanes) is 11. The zero-order chi connectivity index (χ0) is 19.7. The van der Waals surface area contributed by atoms with E-state index in [-0.39, 0.29) is 6.42 Å². The number of carbonyl (C=O) groups is 1. The highest BCUT2D eigenvalue weighted by molar-refractivity contribution is 7.87. The summed E-state index contributed by atoms with van der Waals surface area (Å²) in [6, 6.07) is 0. The van der Waals surface area contributed by atoms with Crippen LogP contribution < -0.4 is 0 Å². The molecule has 1 atom stereocenters. The van der Waals surface area contributed by atoms with Crippen LogP contribution in [-0.4, -0.2) is 35.7 Å². The maximum Gasteiger partial charge on any atom is 0.277 e. The summed E-state index contributed by atoms with van der Waals surface area (Å²) >= 11 is 0. The number of aliphatic hydroxyl groups is 1. The summed E-state index contributed by atoms with van der Waals surface area (Å²) in [6.45, 7) is 1.38. The smallest absolute Gasteiger partial charge is 0.277 e. The van der Waals surface area contributed by atoms with Crippen LogP contribution in [0.25, 0.3) is 0 Å². The van der Waals surface area contributed by atoms with Gasteiger partial charge in [-0.15, -0.1) is 0 Å². The number of aliphatic hydroxyl groups excluding tert-OH is 1. The van der Waals surface area contributed by atoms with Gasteiger partial charge in [0.05, 0.1) is 6.61 Å². The van der Waals surface area contributed by atoms with E-state index < -0.39 is 27.8 Å². The Morgan fingerprint density at radius 3 is 1.77 bits per heavy atom. The minimum Gasteiger partial charge on any atom is -0.394 e. The van der Waals surface area contributed by atoms with Crippen molar-refractivity contribution in [1.82, 2.24) is 0 Å². The average molecular weight is 391 g/mol. The Hall–Kier alpha value is -0.720. The molecular formula is C20H38O5S. The summed E-state index contributed by atoms with van der Waals surface area (Å²) < 4.78 is 30.7. The van der Waals surface area contributed by atoms with Gasteiger partial charge in [0.15, 0.2) is 11.0 Å². The molecule has 0 fully saturated rings. The minimum atomic E-state index is -4.49. The molecule has 0 aliphatic carbocycles. The lowest BCUT2D eigenvalue weighted by atomic mass is 10.1. The van der Waals surface area contributed by atoms with E-state index >= 15 is 0 Å². The molecule has 5 nitrogen and oxygen atoms in total. The third kappa shape index (κ3) is 14.4. The second-order valence-corrected chi connectivity index (χ2v) is 8.59. The molecule has 0 aromatic heterocycles. The van der Waals surface area contributed by atoms with Crippen molar-refractivity contribution in [2.45, 2.75) is 102 Å². The molecule has 0 aliphatic rings. The maximum atomic E-state index is 11.6. The van der Waals surface area contributed by atoms with E-state index in [0.29, 0.717) is 6.42 Å². The summed E-state index contributed by atoms with van der Waals surface area (Å²) in [5.74, 6) is -0.604. The van der Waals surface area contributed by atoms with Gasteiger partial charge in [0.2, 0.25) is 0 Å². The summed E-state index contributed by atoms with van der Waals surface area (Å²) in [4.78, 5) is 11.6. The lowest BCUT2D eigenvalue weighted by Crippen LogP contribution is -2.33. The molecule has 0 radical (unpaired) electrons. The summed E-state index contributed by atoms with van der Waals surface area (Å²) in [6.07, 6.45) is 19.6. The third-order valence-corrected chi connectivity index (χ3v) is 5.70. The first-order valence-electron chi connectivity index (χ1n) is 10.2. The first-order chi connectivity index (χ1) is 12.4. The van der Waals surface area contributed by atoms with Crippen LogP contribution >= 0.6 is 0 Å². The Morgan fingerprint density at radius 1 is 0.846 bits per heavy atom. The van der Waals surface area contributed by atoms with Crippen LogP contribution in [0.5, 0.6) is 0 Å². The predicted octanol–water partition coefficient (Wildman–Crippen LogP) is 4.84. The Labute approximate surface area is 160 Å². The zero-order valence-electron chi connectivity index (χ0n) is 16.4. The largest absolute Gasteiger partial charge is 0.394 e. The van der Waals surface area contributed by atoms with Gasteiger partial charge in [-0.25, -0.2) is 0 Å². The van der Waals surface area contributed by atoms with Crippen molar-refractivity contribution >= 4 is 15.9 Å². The number of allylic oxidation sites excluding steroid dienone is 2. The van der Waals surface area contributed by atoms with Gasteiger partial charge in [0.1, 0.15) is 0 Å². The van der Waals surface area contributed by atoms with Crippen molar-refractivity contribution < 1.29 is 22.9 Å². The third-order valence-electron chi connectivity index (χ3n) is 4.57. The summed E-state index contributed by atoms with van der Waals surface area (Å²) in [5, 5.41) is 7.21. The van der Waals surface area contributed by atoms with Crippen LogP contribution in [-0.2, 0) is 14.9 Å². The van der Waals surface area contributed by atoms with E-state index in [1.165, 1.54) is 44.9 Å². The molecule has 26 heavy (non-hydrogen) atoms. The highest BCUT2D eigenvalue weighted by Gasteiger charge is 2.29. The fourth-order valence-corrected chi connectivity index (χ4v) is 3.53. The van der Waals surface area contributed by atoms with Gasteiger partial charge < -0.3 is 5.11 Å². The van der Waals surface area contributed by atoms with Crippen molar-refractivity contribution in [3.8, 4) is 0 Å². The van der Waals surface area contributed by atoms with Crippen LogP contribution in [0.15, 0.2) is 12.2 Å². The second kappa shape index (κ2) is 16.5. The Bertz CT molecular complexity index is 471. The molecular weight excluding hydrogens is 352 g/mol. The normalized spacial score (nSPS) is 13.3. The SMILES string of the molecule is CCCCCCCCC=CCCCCCCCC(=O)C(CO)S(=O)(=O)O. The molecule has 0 heterocycles. The Morgan fingerprint density at radius 2 is 1.31 bits per heavy atom. The molecule has 0 saturated carbocycles. The fraction of sp³-hybridized carbons (Fsp3) is 0.850. The number of rotatable bonds is 18. The van der Waals surface area contributed by atoms with Crippen molar-refractivity contribution in [2.75, 3.05) is 6.61 Å². The van der Waals surface area contributed by atoms with Gasteiger partial charge in [-0.3, -0.25) is 9.35 Å². The van der Waals surface area contributed by atoms with E-state index in [4.69, 9.17) is 9.66 Å². The van der Waals surface area contributed by atoms with Gasteiger partial charge in [0.25, 0.3) is 10.1 Å². The van der Waals surface area contributed by atoms with E-state index in [2.05, 4.69) is 19.1 Å². The molecule has 0 saturated heterocycles. The van der Waals surface area contributed by atoms with Crippen LogP contribution in [0.4, 0.5) is 0 Å². The van der Waals surface area contributed by atoms with Crippen molar-refractivity contribution in [3.05, 3.63) is 12.2 Å². The van der Waals surface area contributed by atoms with Gasteiger partial charge in [0, 0.05) is 6.42 Å². The monoisotopic (exact) mass is 390 g/mol.